The first-order valence-corrected chi connectivity index (χ1v) is 11.0. The fraction of sp³-hybridized carbons (Fsp3) is 0.391. The van der Waals surface area contributed by atoms with Crippen molar-refractivity contribution in [2.24, 2.45) is 0 Å². The van der Waals surface area contributed by atoms with Crippen LogP contribution in [0, 0.1) is 0 Å². The molecule has 0 radical (unpaired) electrons. The van der Waals surface area contributed by atoms with Gasteiger partial charge in [0.1, 0.15) is 11.4 Å². The lowest BCUT2D eigenvalue weighted by Crippen LogP contribution is -2.32. The minimum absolute atomic E-state index is 0.119. The number of aryl methyl sites for hydroxylation is 1. The lowest BCUT2D eigenvalue weighted by Gasteiger charge is -2.32. The number of aromatic nitrogens is 2. The Balaban J connectivity index is 1.65. The summed E-state index contributed by atoms with van der Waals surface area (Å²) < 4.78 is 11.0. The standard InChI is InChI=1S/C23H26N2O4S/c1-23(2)8-6-15-10-14(4-5-19(15)29-23)11-18-21(22(27)25-24-18)17(12-20(26)28-3)16-7-9-30-13-16/h4-5,7,9-10,13,17H,6,8,11-12H2,1-3H3,(H2,24,25,27)/t17-/m0/s1. The molecule has 0 fully saturated rings. The molecular weight excluding hydrogens is 400 g/mol. The van der Waals surface area contributed by atoms with Crippen LogP contribution in [0.5, 0.6) is 5.75 Å². The van der Waals surface area contributed by atoms with E-state index >= 15 is 0 Å². The zero-order chi connectivity index (χ0) is 21.3. The van der Waals surface area contributed by atoms with Crippen molar-refractivity contribution >= 4 is 17.3 Å². The second kappa shape index (κ2) is 8.14. The van der Waals surface area contributed by atoms with Gasteiger partial charge in [-0.25, -0.2) is 0 Å². The van der Waals surface area contributed by atoms with E-state index in [0.29, 0.717) is 12.0 Å². The molecule has 0 saturated heterocycles. The summed E-state index contributed by atoms with van der Waals surface area (Å²) >= 11 is 1.54. The number of rotatable bonds is 6. The zero-order valence-corrected chi connectivity index (χ0v) is 18.2. The van der Waals surface area contributed by atoms with Crippen molar-refractivity contribution in [1.29, 1.82) is 0 Å². The number of ether oxygens (including phenoxy) is 2. The monoisotopic (exact) mass is 426 g/mol. The molecule has 0 aliphatic carbocycles. The smallest absolute Gasteiger partial charge is 0.306 e. The molecule has 1 atom stereocenters. The molecule has 0 unspecified atom stereocenters. The third kappa shape index (κ3) is 4.21. The van der Waals surface area contributed by atoms with Crippen molar-refractivity contribution in [3.63, 3.8) is 0 Å². The molecule has 3 aromatic rings. The van der Waals surface area contributed by atoms with Gasteiger partial charge in [0.05, 0.1) is 13.5 Å². The van der Waals surface area contributed by atoms with E-state index in [1.54, 1.807) is 11.3 Å². The molecule has 30 heavy (non-hydrogen) atoms. The molecule has 0 spiro atoms. The van der Waals surface area contributed by atoms with Gasteiger partial charge in [0.2, 0.25) is 0 Å². The molecular formula is C23H26N2O4S. The Bertz CT molecular complexity index is 1090. The maximum Gasteiger partial charge on any atom is 0.306 e. The lowest BCUT2D eigenvalue weighted by atomic mass is 9.88. The van der Waals surface area contributed by atoms with Gasteiger partial charge in [0, 0.05) is 23.6 Å². The number of aromatic amines is 2. The van der Waals surface area contributed by atoms with E-state index in [-0.39, 0.29) is 29.5 Å². The van der Waals surface area contributed by atoms with Crippen molar-refractivity contribution in [2.75, 3.05) is 7.11 Å². The number of hydrogen-bond acceptors (Lipinski definition) is 5. The summed E-state index contributed by atoms with van der Waals surface area (Å²) in [5, 5.41) is 9.67. The highest BCUT2D eigenvalue weighted by atomic mass is 32.1. The van der Waals surface area contributed by atoms with Gasteiger partial charge in [-0.1, -0.05) is 12.1 Å². The summed E-state index contributed by atoms with van der Waals surface area (Å²) in [6.45, 7) is 4.21. The zero-order valence-electron chi connectivity index (χ0n) is 17.4. The predicted molar refractivity (Wildman–Crippen MR) is 116 cm³/mol. The SMILES string of the molecule is COC(=O)C[C@@H](c1ccsc1)c1c(Cc2ccc3c(c2)CCC(C)(C)O3)[nH][nH]c1=O. The van der Waals surface area contributed by atoms with E-state index < -0.39 is 0 Å². The average Bonchev–Trinajstić information content (AvgIpc) is 3.36. The molecule has 158 valence electrons. The van der Waals surface area contributed by atoms with Crippen molar-refractivity contribution in [2.45, 2.75) is 51.0 Å². The summed E-state index contributed by atoms with van der Waals surface area (Å²) in [7, 11) is 1.37. The number of thiophene rings is 1. The van der Waals surface area contributed by atoms with Crippen LogP contribution in [-0.2, 0) is 22.4 Å². The van der Waals surface area contributed by atoms with E-state index in [2.05, 4.69) is 30.1 Å². The number of fused-ring (bicyclic) bond motifs is 1. The normalized spacial score (nSPS) is 15.8. The van der Waals surface area contributed by atoms with Gasteiger partial charge in [-0.15, -0.1) is 0 Å². The van der Waals surface area contributed by atoms with E-state index in [1.807, 2.05) is 29.0 Å². The van der Waals surface area contributed by atoms with Crippen LogP contribution in [-0.4, -0.2) is 28.9 Å². The molecule has 4 rings (SSSR count). The fourth-order valence-corrected chi connectivity index (χ4v) is 4.76. The van der Waals surface area contributed by atoms with Crippen LogP contribution in [0.25, 0.3) is 0 Å². The second-order valence-corrected chi connectivity index (χ2v) is 9.12. The summed E-state index contributed by atoms with van der Waals surface area (Å²) in [4.78, 5) is 24.7. The average molecular weight is 427 g/mol. The predicted octanol–water partition coefficient (Wildman–Crippen LogP) is 4.15. The first-order valence-electron chi connectivity index (χ1n) is 10.1. The number of benzene rings is 1. The molecule has 2 aromatic heterocycles. The number of carbonyl (C=O) groups is 1. The minimum atomic E-state index is -0.351. The molecule has 1 aliphatic rings. The number of hydrogen-bond donors (Lipinski definition) is 2. The lowest BCUT2D eigenvalue weighted by molar-refractivity contribution is -0.140. The summed E-state index contributed by atoms with van der Waals surface area (Å²) in [5.41, 5.74) is 4.26. The van der Waals surface area contributed by atoms with Gasteiger partial charge in [-0.3, -0.25) is 14.7 Å². The van der Waals surface area contributed by atoms with E-state index in [1.165, 1.54) is 12.7 Å². The summed E-state index contributed by atoms with van der Waals surface area (Å²) in [6, 6.07) is 8.15. The molecule has 1 aliphatic heterocycles. The third-order valence-corrected chi connectivity index (χ3v) is 6.38. The maximum absolute atomic E-state index is 12.7. The number of nitrogens with one attached hydrogen (secondary N) is 2. The van der Waals surface area contributed by atoms with Crippen LogP contribution < -0.4 is 10.3 Å². The van der Waals surface area contributed by atoms with Crippen molar-refractivity contribution in [3.8, 4) is 5.75 Å². The van der Waals surface area contributed by atoms with Gasteiger partial charge < -0.3 is 14.6 Å². The van der Waals surface area contributed by atoms with Crippen LogP contribution in [0.3, 0.4) is 0 Å². The quantitative estimate of drug-likeness (QED) is 0.580. The third-order valence-electron chi connectivity index (χ3n) is 5.68. The number of carbonyl (C=O) groups excluding carboxylic acids is 1. The summed E-state index contributed by atoms with van der Waals surface area (Å²) in [5.74, 6) is 0.237. The second-order valence-electron chi connectivity index (χ2n) is 8.34. The topological polar surface area (TPSA) is 84.2 Å². The van der Waals surface area contributed by atoms with Gasteiger partial charge in [-0.2, -0.15) is 11.3 Å². The van der Waals surface area contributed by atoms with E-state index in [0.717, 1.165) is 35.4 Å². The van der Waals surface area contributed by atoms with Crippen LogP contribution in [0.4, 0.5) is 0 Å². The van der Waals surface area contributed by atoms with Crippen molar-refractivity contribution in [1.82, 2.24) is 10.2 Å². The van der Waals surface area contributed by atoms with Crippen LogP contribution >= 0.6 is 11.3 Å². The Kier molecular flexibility index (Phi) is 5.56. The van der Waals surface area contributed by atoms with Crippen LogP contribution in [0.2, 0.25) is 0 Å². The van der Waals surface area contributed by atoms with E-state index in [4.69, 9.17) is 9.47 Å². The Morgan fingerprint density at radius 2 is 2.13 bits per heavy atom. The highest BCUT2D eigenvalue weighted by Crippen LogP contribution is 2.35. The van der Waals surface area contributed by atoms with Gasteiger partial charge >= 0.3 is 5.97 Å². The first-order chi connectivity index (χ1) is 14.4. The molecule has 0 saturated carbocycles. The molecule has 6 nitrogen and oxygen atoms in total. The van der Waals surface area contributed by atoms with Gasteiger partial charge in [0.25, 0.3) is 5.56 Å². The Morgan fingerprint density at radius 1 is 1.30 bits per heavy atom. The first kappa shape index (κ1) is 20.5. The number of H-pyrrole nitrogens is 2. The van der Waals surface area contributed by atoms with Crippen molar-refractivity contribution in [3.05, 3.63) is 73.3 Å². The van der Waals surface area contributed by atoms with Gasteiger partial charge in [-0.05, 0) is 66.3 Å². The molecule has 0 amide bonds. The number of esters is 1. The fourth-order valence-electron chi connectivity index (χ4n) is 4.05. The van der Waals surface area contributed by atoms with Crippen molar-refractivity contribution < 1.29 is 14.3 Å². The highest BCUT2D eigenvalue weighted by Gasteiger charge is 2.28. The Morgan fingerprint density at radius 3 is 2.87 bits per heavy atom. The molecule has 3 heterocycles. The Labute approximate surface area is 179 Å². The van der Waals surface area contributed by atoms with Crippen LogP contribution in [0.15, 0.2) is 39.8 Å². The maximum atomic E-state index is 12.7. The van der Waals surface area contributed by atoms with E-state index in [9.17, 15) is 9.59 Å². The molecule has 1 aromatic carbocycles. The Hall–Kier alpha value is -2.80. The molecule has 2 N–H and O–H groups in total. The van der Waals surface area contributed by atoms with Gasteiger partial charge in [0.15, 0.2) is 0 Å². The minimum Gasteiger partial charge on any atom is -0.488 e. The molecule has 7 heteroatoms. The largest absolute Gasteiger partial charge is 0.488 e. The van der Waals surface area contributed by atoms with Crippen LogP contribution in [0.1, 0.15) is 60.6 Å². The molecule has 0 bridgehead atoms. The summed E-state index contributed by atoms with van der Waals surface area (Å²) in [6.07, 6.45) is 2.61. The highest BCUT2D eigenvalue weighted by molar-refractivity contribution is 7.08. The number of methoxy groups -OCH3 is 1.